The first-order chi connectivity index (χ1) is 10.3. The molecule has 0 radical (unpaired) electrons. The molecule has 0 amide bonds. The van der Waals surface area contributed by atoms with Gasteiger partial charge >= 0.3 is 0 Å². The van der Waals surface area contributed by atoms with Gasteiger partial charge in [-0.25, -0.2) is 4.98 Å². The van der Waals surface area contributed by atoms with Crippen LogP contribution in [0.5, 0.6) is 0 Å². The van der Waals surface area contributed by atoms with Crippen LogP contribution in [-0.4, -0.2) is 17.0 Å². The summed E-state index contributed by atoms with van der Waals surface area (Å²) in [5.41, 5.74) is 3.71. The maximum Gasteiger partial charge on any atom is 0.171 e. The zero-order chi connectivity index (χ0) is 14.7. The smallest absolute Gasteiger partial charge is 0.171 e. The molecule has 0 unspecified atom stereocenters. The topological polar surface area (TPSA) is 64.5 Å². The highest BCUT2D eigenvalue weighted by atomic mass is 32.2. The molecule has 5 heteroatoms. The number of aromatic amines is 1. The fourth-order valence-electron chi connectivity index (χ4n) is 2.15. The second-order valence-corrected chi connectivity index (χ2v) is 5.66. The number of fused-ring (bicyclic) bond motifs is 1. The third kappa shape index (κ3) is 2.92. The Balaban J connectivity index is 1.92. The number of H-pyrrole nitrogens is 1. The minimum Gasteiger partial charge on any atom is -0.333 e. The zero-order valence-electron chi connectivity index (χ0n) is 11.6. The van der Waals surface area contributed by atoms with Crippen LogP contribution in [0.3, 0.4) is 0 Å². The zero-order valence-corrected chi connectivity index (χ0v) is 12.4. The van der Waals surface area contributed by atoms with Crippen LogP contribution < -0.4 is 5.32 Å². The highest BCUT2D eigenvalue weighted by Crippen LogP contribution is 2.30. The van der Waals surface area contributed by atoms with E-state index in [4.69, 9.17) is 0 Å². The number of nitrogens with zero attached hydrogens (tertiary/aromatic N) is 2. The van der Waals surface area contributed by atoms with E-state index in [1.165, 1.54) is 11.8 Å². The van der Waals surface area contributed by atoms with Crippen LogP contribution in [0.2, 0.25) is 0 Å². The Hall–Kier alpha value is -2.29. The molecule has 0 aliphatic heterocycles. The van der Waals surface area contributed by atoms with Crippen LogP contribution in [-0.2, 0) is 6.54 Å². The molecule has 0 atom stereocenters. The van der Waals surface area contributed by atoms with Gasteiger partial charge in [0.15, 0.2) is 5.16 Å². The van der Waals surface area contributed by atoms with Gasteiger partial charge in [-0.2, -0.15) is 5.26 Å². The molecular formula is C16H14N4S. The second kappa shape index (κ2) is 6.00. The first-order valence-electron chi connectivity index (χ1n) is 6.60. The molecule has 2 N–H and O–H groups in total. The summed E-state index contributed by atoms with van der Waals surface area (Å²) in [5.74, 6) is 0. The van der Waals surface area contributed by atoms with Gasteiger partial charge in [0.2, 0.25) is 0 Å². The molecule has 104 valence electrons. The van der Waals surface area contributed by atoms with E-state index in [1.54, 1.807) is 0 Å². The first kappa shape index (κ1) is 13.7. The van der Waals surface area contributed by atoms with Gasteiger partial charge in [-0.1, -0.05) is 30.0 Å². The number of hydrogen-bond acceptors (Lipinski definition) is 4. The molecule has 0 aliphatic carbocycles. The van der Waals surface area contributed by atoms with E-state index < -0.39 is 0 Å². The highest BCUT2D eigenvalue weighted by molar-refractivity contribution is 7.99. The summed E-state index contributed by atoms with van der Waals surface area (Å²) in [6, 6.07) is 16.1. The van der Waals surface area contributed by atoms with Crippen LogP contribution in [0, 0.1) is 11.3 Å². The van der Waals surface area contributed by atoms with Gasteiger partial charge in [0.25, 0.3) is 0 Å². The van der Waals surface area contributed by atoms with E-state index in [9.17, 15) is 5.26 Å². The van der Waals surface area contributed by atoms with E-state index >= 15 is 0 Å². The molecule has 1 heterocycles. The molecule has 21 heavy (non-hydrogen) atoms. The molecule has 3 aromatic rings. The Morgan fingerprint density at radius 1 is 1.29 bits per heavy atom. The number of rotatable bonds is 4. The molecule has 0 aliphatic rings. The Morgan fingerprint density at radius 3 is 2.90 bits per heavy atom. The maximum atomic E-state index is 9.31. The van der Waals surface area contributed by atoms with Crippen molar-refractivity contribution in [2.75, 3.05) is 7.05 Å². The summed E-state index contributed by atoms with van der Waals surface area (Å²) in [4.78, 5) is 8.71. The predicted octanol–water partition coefficient (Wildman–Crippen LogP) is 3.31. The molecule has 2 aromatic carbocycles. The second-order valence-electron chi connectivity index (χ2n) is 4.63. The van der Waals surface area contributed by atoms with Crippen molar-refractivity contribution in [1.29, 1.82) is 5.26 Å². The van der Waals surface area contributed by atoms with Gasteiger partial charge in [0, 0.05) is 11.4 Å². The largest absolute Gasteiger partial charge is 0.333 e. The van der Waals surface area contributed by atoms with E-state index in [1.807, 2.05) is 49.5 Å². The Labute approximate surface area is 127 Å². The molecular weight excluding hydrogens is 280 g/mol. The third-order valence-electron chi connectivity index (χ3n) is 3.12. The SMILES string of the molecule is CNCc1ccc(Sc2nc3ccccc3[nH]2)c(C#N)c1. The maximum absolute atomic E-state index is 9.31. The van der Waals surface area contributed by atoms with Gasteiger partial charge in [0.05, 0.1) is 16.6 Å². The van der Waals surface area contributed by atoms with Crippen molar-refractivity contribution in [3.8, 4) is 6.07 Å². The molecule has 0 spiro atoms. The third-order valence-corrected chi connectivity index (χ3v) is 4.08. The summed E-state index contributed by atoms with van der Waals surface area (Å²) < 4.78 is 0. The normalized spacial score (nSPS) is 10.7. The van der Waals surface area contributed by atoms with Crippen LogP contribution >= 0.6 is 11.8 Å². The summed E-state index contributed by atoms with van der Waals surface area (Å²) in [6.07, 6.45) is 0. The van der Waals surface area contributed by atoms with Gasteiger partial charge in [-0.15, -0.1) is 0 Å². The molecule has 4 nitrogen and oxygen atoms in total. The van der Waals surface area contributed by atoms with Crippen molar-refractivity contribution in [3.63, 3.8) is 0 Å². The summed E-state index contributed by atoms with van der Waals surface area (Å²) >= 11 is 1.48. The van der Waals surface area contributed by atoms with Crippen LogP contribution in [0.4, 0.5) is 0 Å². The van der Waals surface area contributed by atoms with Crippen molar-refractivity contribution < 1.29 is 0 Å². The van der Waals surface area contributed by atoms with Gasteiger partial charge in [-0.05, 0) is 36.9 Å². The van der Waals surface area contributed by atoms with Crippen molar-refractivity contribution in [1.82, 2.24) is 15.3 Å². The fourth-order valence-corrected chi connectivity index (χ4v) is 3.01. The number of para-hydroxylation sites is 2. The minimum absolute atomic E-state index is 0.674. The minimum atomic E-state index is 0.674. The number of hydrogen-bond donors (Lipinski definition) is 2. The predicted molar refractivity (Wildman–Crippen MR) is 84.1 cm³/mol. The van der Waals surface area contributed by atoms with Gasteiger partial charge in [0.1, 0.15) is 6.07 Å². The fraction of sp³-hybridized carbons (Fsp3) is 0.125. The lowest BCUT2D eigenvalue weighted by atomic mass is 10.1. The monoisotopic (exact) mass is 294 g/mol. The lowest BCUT2D eigenvalue weighted by Gasteiger charge is -2.05. The van der Waals surface area contributed by atoms with Crippen molar-refractivity contribution in [2.24, 2.45) is 0 Å². The van der Waals surface area contributed by atoms with Crippen molar-refractivity contribution in [3.05, 3.63) is 53.6 Å². The highest BCUT2D eigenvalue weighted by Gasteiger charge is 2.09. The standard InChI is InChI=1S/C16H14N4S/c1-18-10-11-6-7-15(12(8-11)9-17)21-16-19-13-4-2-3-5-14(13)20-16/h2-8,18H,10H2,1H3,(H,19,20). The molecule has 0 bridgehead atoms. The Bertz CT molecular complexity index is 784. The first-order valence-corrected chi connectivity index (χ1v) is 7.42. The van der Waals surface area contributed by atoms with Crippen LogP contribution in [0.1, 0.15) is 11.1 Å². The Kier molecular flexibility index (Phi) is 3.91. The number of nitriles is 1. The van der Waals surface area contributed by atoms with Gasteiger partial charge < -0.3 is 10.3 Å². The molecule has 3 rings (SSSR count). The summed E-state index contributed by atoms with van der Waals surface area (Å²) in [6.45, 7) is 0.754. The van der Waals surface area contributed by atoms with Gasteiger partial charge in [-0.3, -0.25) is 0 Å². The van der Waals surface area contributed by atoms with Crippen LogP contribution in [0.25, 0.3) is 11.0 Å². The van der Waals surface area contributed by atoms with E-state index in [0.717, 1.165) is 33.2 Å². The molecule has 0 saturated heterocycles. The number of benzene rings is 2. The lowest BCUT2D eigenvalue weighted by Crippen LogP contribution is -2.05. The van der Waals surface area contributed by atoms with Crippen molar-refractivity contribution in [2.45, 2.75) is 16.6 Å². The quantitative estimate of drug-likeness (QED) is 0.775. The molecule has 0 fully saturated rings. The number of nitrogens with one attached hydrogen (secondary N) is 2. The molecule has 1 aromatic heterocycles. The molecule has 0 saturated carbocycles. The van der Waals surface area contributed by atoms with E-state index in [-0.39, 0.29) is 0 Å². The number of imidazole rings is 1. The summed E-state index contributed by atoms with van der Waals surface area (Å²) in [5, 5.41) is 13.2. The van der Waals surface area contributed by atoms with Crippen molar-refractivity contribution >= 4 is 22.8 Å². The average Bonchev–Trinajstić information content (AvgIpc) is 2.91. The summed E-state index contributed by atoms with van der Waals surface area (Å²) in [7, 11) is 1.89. The number of aromatic nitrogens is 2. The van der Waals surface area contributed by atoms with E-state index in [2.05, 4.69) is 21.4 Å². The van der Waals surface area contributed by atoms with Crippen LogP contribution in [0.15, 0.2) is 52.5 Å². The lowest BCUT2D eigenvalue weighted by molar-refractivity contribution is 0.816. The average molecular weight is 294 g/mol. The van der Waals surface area contributed by atoms with E-state index in [0.29, 0.717) is 5.56 Å². The Morgan fingerprint density at radius 2 is 2.14 bits per heavy atom.